The fraction of sp³-hybridized carbons (Fsp3) is 0.400. The van der Waals surface area contributed by atoms with Crippen LogP contribution in [0.5, 0.6) is 5.88 Å². The molecule has 3 heterocycles. The molecule has 0 atom stereocenters. The van der Waals surface area contributed by atoms with Crippen molar-refractivity contribution in [1.29, 1.82) is 0 Å². The zero-order valence-electron chi connectivity index (χ0n) is 15.5. The molecule has 1 aromatic carbocycles. The van der Waals surface area contributed by atoms with E-state index in [1.807, 2.05) is 6.07 Å². The highest BCUT2D eigenvalue weighted by Gasteiger charge is 2.25. The van der Waals surface area contributed by atoms with Crippen molar-refractivity contribution >= 4 is 22.5 Å². The van der Waals surface area contributed by atoms with Gasteiger partial charge in [-0.1, -0.05) is 5.16 Å². The van der Waals surface area contributed by atoms with Crippen LogP contribution in [0, 0.1) is 0 Å². The second-order valence-electron chi connectivity index (χ2n) is 7.21. The quantitative estimate of drug-likeness (QED) is 0.688. The predicted octanol–water partition coefficient (Wildman–Crippen LogP) is 2.51. The molecule has 2 aromatic heterocycles. The van der Waals surface area contributed by atoms with Crippen molar-refractivity contribution < 1.29 is 14.1 Å². The van der Waals surface area contributed by atoms with Crippen LogP contribution in [0.4, 0.5) is 5.69 Å². The van der Waals surface area contributed by atoms with E-state index < -0.39 is 0 Å². The monoisotopic (exact) mass is 379 g/mol. The number of aromatic nitrogens is 3. The van der Waals surface area contributed by atoms with E-state index in [-0.39, 0.29) is 17.8 Å². The Morgan fingerprint density at radius 3 is 2.68 bits per heavy atom. The lowest BCUT2D eigenvalue weighted by Crippen LogP contribution is -2.48. The van der Waals surface area contributed by atoms with E-state index in [1.54, 1.807) is 17.3 Å². The second-order valence-corrected chi connectivity index (χ2v) is 7.21. The van der Waals surface area contributed by atoms with E-state index in [1.165, 1.54) is 12.6 Å². The van der Waals surface area contributed by atoms with Crippen LogP contribution >= 0.6 is 0 Å². The Kier molecular flexibility index (Phi) is 4.31. The van der Waals surface area contributed by atoms with Crippen molar-refractivity contribution in [2.24, 2.45) is 0 Å². The van der Waals surface area contributed by atoms with Crippen LogP contribution in [-0.2, 0) is 0 Å². The molecule has 3 aromatic rings. The van der Waals surface area contributed by atoms with Crippen LogP contribution < -0.4 is 9.64 Å². The summed E-state index contributed by atoms with van der Waals surface area (Å²) in [5, 5.41) is 4.55. The third kappa shape index (κ3) is 3.15. The lowest BCUT2D eigenvalue weighted by Gasteiger charge is -2.35. The Morgan fingerprint density at radius 1 is 1.11 bits per heavy atom. The van der Waals surface area contributed by atoms with Crippen LogP contribution in [0.15, 0.2) is 41.3 Å². The number of nitrogens with zero attached hydrogens (tertiary/aromatic N) is 5. The van der Waals surface area contributed by atoms with Crippen molar-refractivity contribution in [3.8, 4) is 5.88 Å². The van der Waals surface area contributed by atoms with Crippen molar-refractivity contribution in [3.05, 3.63) is 42.5 Å². The first-order chi connectivity index (χ1) is 13.8. The van der Waals surface area contributed by atoms with Gasteiger partial charge in [0.25, 0.3) is 5.91 Å². The Bertz CT molecular complexity index is 979. The van der Waals surface area contributed by atoms with Gasteiger partial charge in [0.1, 0.15) is 12.4 Å². The maximum Gasteiger partial charge on any atom is 0.292 e. The Hall–Kier alpha value is -3.16. The van der Waals surface area contributed by atoms with E-state index in [9.17, 15) is 4.79 Å². The van der Waals surface area contributed by atoms with Gasteiger partial charge in [0, 0.05) is 37.9 Å². The molecule has 1 saturated heterocycles. The van der Waals surface area contributed by atoms with Gasteiger partial charge in [-0.05, 0) is 37.5 Å². The molecule has 8 heteroatoms. The molecule has 0 unspecified atom stereocenters. The Balaban J connectivity index is 1.32. The molecule has 2 fully saturated rings. The van der Waals surface area contributed by atoms with E-state index in [0.717, 1.165) is 42.5 Å². The van der Waals surface area contributed by atoms with E-state index in [0.29, 0.717) is 19.0 Å². The van der Waals surface area contributed by atoms with Crippen LogP contribution in [0.25, 0.3) is 10.9 Å². The second kappa shape index (κ2) is 7.10. The number of hydrogen-bond acceptors (Lipinski definition) is 7. The zero-order chi connectivity index (χ0) is 18.9. The van der Waals surface area contributed by atoms with Gasteiger partial charge >= 0.3 is 0 Å². The molecule has 0 radical (unpaired) electrons. The van der Waals surface area contributed by atoms with Gasteiger partial charge in [-0.2, -0.15) is 0 Å². The van der Waals surface area contributed by atoms with Gasteiger partial charge in [0.2, 0.25) is 11.6 Å². The van der Waals surface area contributed by atoms with Gasteiger partial charge < -0.3 is 19.1 Å². The minimum atomic E-state index is -0.111. The standard InChI is InChI=1S/C20H21N5O3/c26-20(18-6-7-23-28-18)25-10-8-24(9-11-25)14-4-5-17-16(12-14)19(22-13-21-17)27-15-2-1-3-15/h4-7,12-13,15H,1-3,8-11H2. The number of fused-ring (bicyclic) bond motifs is 1. The molecule has 0 spiro atoms. The van der Waals surface area contributed by atoms with Gasteiger partial charge in [0.05, 0.1) is 17.1 Å². The summed E-state index contributed by atoms with van der Waals surface area (Å²) < 4.78 is 11.0. The van der Waals surface area contributed by atoms with Crippen LogP contribution in [0.3, 0.4) is 0 Å². The third-order valence-electron chi connectivity index (χ3n) is 5.49. The number of rotatable bonds is 4. The molecular formula is C20H21N5O3. The normalized spacial score (nSPS) is 17.6. The Labute approximate surface area is 162 Å². The Morgan fingerprint density at radius 2 is 1.96 bits per heavy atom. The maximum atomic E-state index is 12.4. The van der Waals surface area contributed by atoms with Crippen molar-refractivity contribution in [3.63, 3.8) is 0 Å². The molecular weight excluding hydrogens is 358 g/mol. The molecule has 1 saturated carbocycles. The topological polar surface area (TPSA) is 84.6 Å². The van der Waals surface area contributed by atoms with Crippen LogP contribution in [0.2, 0.25) is 0 Å². The minimum Gasteiger partial charge on any atom is -0.474 e. The van der Waals surface area contributed by atoms with Crippen molar-refractivity contribution in [2.45, 2.75) is 25.4 Å². The highest BCUT2D eigenvalue weighted by atomic mass is 16.5. The maximum absolute atomic E-state index is 12.4. The summed E-state index contributed by atoms with van der Waals surface area (Å²) in [5.41, 5.74) is 1.97. The zero-order valence-corrected chi connectivity index (χ0v) is 15.5. The lowest BCUT2D eigenvalue weighted by molar-refractivity contribution is 0.0705. The summed E-state index contributed by atoms with van der Waals surface area (Å²) in [6.07, 6.45) is 6.72. The van der Waals surface area contributed by atoms with Crippen LogP contribution in [-0.4, -0.2) is 58.2 Å². The minimum absolute atomic E-state index is 0.111. The number of carbonyl (C=O) groups excluding carboxylic acids is 1. The average Bonchev–Trinajstić information content (AvgIpc) is 3.25. The van der Waals surface area contributed by atoms with Gasteiger partial charge in [-0.15, -0.1) is 0 Å². The smallest absolute Gasteiger partial charge is 0.292 e. The molecule has 8 nitrogen and oxygen atoms in total. The fourth-order valence-corrected chi connectivity index (χ4v) is 3.61. The molecule has 1 amide bonds. The summed E-state index contributed by atoms with van der Waals surface area (Å²) in [4.78, 5) is 25.2. The van der Waals surface area contributed by atoms with Gasteiger partial charge in [-0.3, -0.25) is 4.79 Å². The summed E-state index contributed by atoms with van der Waals surface area (Å²) in [6, 6.07) is 7.77. The summed E-state index contributed by atoms with van der Waals surface area (Å²) in [7, 11) is 0. The largest absolute Gasteiger partial charge is 0.474 e. The molecule has 144 valence electrons. The number of carbonyl (C=O) groups is 1. The van der Waals surface area contributed by atoms with E-state index >= 15 is 0 Å². The molecule has 1 aliphatic carbocycles. The van der Waals surface area contributed by atoms with Crippen LogP contribution in [0.1, 0.15) is 29.8 Å². The molecule has 28 heavy (non-hydrogen) atoms. The molecule has 5 rings (SSSR count). The summed E-state index contributed by atoms with van der Waals surface area (Å²) in [6.45, 7) is 2.76. The molecule has 0 bridgehead atoms. The first-order valence-electron chi connectivity index (χ1n) is 9.64. The summed E-state index contributed by atoms with van der Waals surface area (Å²) >= 11 is 0. The van der Waals surface area contributed by atoms with Gasteiger partial charge in [-0.25, -0.2) is 9.97 Å². The van der Waals surface area contributed by atoms with E-state index in [2.05, 4.69) is 32.2 Å². The first kappa shape index (κ1) is 17.0. The predicted molar refractivity (Wildman–Crippen MR) is 102 cm³/mol. The third-order valence-corrected chi connectivity index (χ3v) is 5.49. The molecule has 0 N–H and O–H groups in total. The number of anilines is 1. The van der Waals surface area contributed by atoms with Gasteiger partial charge in [0.15, 0.2) is 0 Å². The summed E-state index contributed by atoms with van der Waals surface area (Å²) in [5.74, 6) is 0.838. The molecule has 2 aliphatic rings. The lowest BCUT2D eigenvalue weighted by atomic mass is 9.96. The number of amides is 1. The fourth-order valence-electron chi connectivity index (χ4n) is 3.61. The SMILES string of the molecule is O=C(c1ccno1)N1CCN(c2ccc3ncnc(OC4CCC4)c3c2)CC1. The molecule has 1 aliphatic heterocycles. The number of hydrogen-bond donors (Lipinski definition) is 0. The van der Waals surface area contributed by atoms with E-state index in [4.69, 9.17) is 9.26 Å². The highest BCUT2D eigenvalue weighted by Crippen LogP contribution is 2.31. The first-order valence-corrected chi connectivity index (χ1v) is 9.64. The van der Waals surface area contributed by atoms with Crippen molar-refractivity contribution in [2.75, 3.05) is 31.1 Å². The number of ether oxygens (including phenoxy) is 1. The highest BCUT2D eigenvalue weighted by molar-refractivity contribution is 5.91. The average molecular weight is 379 g/mol. The van der Waals surface area contributed by atoms with Crippen molar-refractivity contribution in [1.82, 2.24) is 20.0 Å². The number of piperazine rings is 1. The number of benzene rings is 1.